The first-order valence-electron chi connectivity index (χ1n) is 5.08. The molecule has 0 bridgehead atoms. The minimum absolute atomic E-state index is 0.215. The third-order valence-electron chi connectivity index (χ3n) is 3.46. The molecule has 0 radical (unpaired) electrons. The quantitative estimate of drug-likeness (QED) is 0.598. The van der Waals surface area contributed by atoms with Crippen LogP contribution in [0.5, 0.6) is 0 Å². The molecule has 0 aromatic heterocycles. The predicted molar refractivity (Wildman–Crippen MR) is 58.0 cm³/mol. The fourth-order valence-corrected chi connectivity index (χ4v) is 2.33. The van der Waals surface area contributed by atoms with Gasteiger partial charge in [0, 0.05) is 19.6 Å². The van der Waals surface area contributed by atoms with Crippen LogP contribution in [0, 0.1) is 0 Å². The Bertz CT molecular complexity index is 200. The molecule has 0 aliphatic carbocycles. The van der Waals surface area contributed by atoms with E-state index in [-0.39, 0.29) is 5.54 Å². The first-order valence-corrected chi connectivity index (χ1v) is 5.08. The minimum atomic E-state index is 0.215. The van der Waals surface area contributed by atoms with Crippen LogP contribution in [-0.4, -0.2) is 49.1 Å². The molecule has 0 saturated carbocycles. The number of likely N-dealkylation sites (N-methyl/N-ethyl adjacent to an activating group) is 2. The second-order valence-electron chi connectivity index (χ2n) is 4.32. The maximum Gasteiger partial charge on any atom is 0.0537 e. The van der Waals surface area contributed by atoms with Crippen LogP contribution in [0.25, 0.3) is 0 Å². The highest BCUT2D eigenvalue weighted by atomic mass is 15.3. The molecule has 2 nitrogen and oxygen atoms in total. The van der Waals surface area contributed by atoms with Crippen LogP contribution in [0.15, 0.2) is 12.2 Å². The molecule has 0 N–H and O–H groups in total. The normalized spacial score (nSPS) is 32.0. The summed E-state index contributed by atoms with van der Waals surface area (Å²) in [7, 11) is 4.41. The van der Waals surface area contributed by atoms with Gasteiger partial charge in [0.25, 0.3) is 0 Å². The number of hydrogen-bond donors (Lipinski definition) is 0. The van der Waals surface area contributed by atoms with Gasteiger partial charge in [-0.1, -0.05) is 19.1 Å². The Hall–Kier alpha value is -0.340. The molecular formula is C11H22N2. The van der Waals surface area contributed by atoms with Crippen LogP contribution < -0.4 is 0 Å². The molecular weight excluding hydrogens is 160 g/mol. The average Bonchev–Trinajstić information content (AvgIpc) is 2.09. The molecule has 1 rings (SSSR count). The highest BCUT2D eigenvalue weighted by molar-refractivity contribution is 5.17. The summed E-state index contributed by atoms with van der Waals surface area (Å²) in [4.78, 5) is 4.85. The predicted octanol–water partition coefficient (Wildman–Crippen LogP) is 1.59. The van der Waals surface area contributed by atoms with Gasteiger partial charge in [-0.2, -0.15) is 0 Å². The van der Waals surface area contributed by atoms with Crippen molar-refractivity contribution in [3.8, 4) is 0 Å². The van der Waals surface area contributed by atoms with Crippen molar-refractivity contribution in [2.45, 2.75) is 25.8 Å². The van der Waals surface area contributed by atoms with Crippen molar-refractivity contribution in [2.24, 2.45) is 0 Å². The third kappa shape index (κ3) is 1.79. The second-order valence-corrected chi connectivity index (χ2v) is 4.32. The molecule has 1 heterocycles. The summed E-state index contributed by atoms with van der Waals surface area (Å²) in [5.41, 5.74) is 1.51. The van der Waals surface area contributed by atoms with E-state index in [0.717, 1.165) is 19.5 Å². The first kappa shape index (κ1) is 10.7. The Kier molecular flexibility index (Phi) is 3.14. The molecule has 1 fully saturated rings. The van der Waals surface area contributed by atoms with Gasteiger partial charge in [0.05, 0.1) is 5.54 Å². The van der Waals surface area contributed by atoms with Crippen LogP contribution in [0.1, 0.15) is 20.3 Å². The Morgan fingerprint density at radius 2 is 2.00 bits per heavy atom. The molecule has 0 aromatic carbocycles. The lowest BCUT2D eigenvalue weighted by molar-refractivity contribution is 0.0507. The van der Waals surface area contributed by atoms with Crippen LogP contribution in [0.3, 0.4) is 0 Å². The van der Waals surface area contributed by atoms with Gasteiger partial charge >= 0.3 is 0 Å². The fraction of sp³-hybridized carbons (Fsp3) is 0.818. The average molecular weight is 182 g/mol. The van der Waals surface area contributed by atoms with Gasteiger partial charge in [-0.05, 0) is 27.4 Å². The highest BCUT2D eigenvalue weighted by Crippen LogP contribution is 2.29. The molecule has 0 spiro atoms. The zero-order valence-corrected chi connectivity index (χ0v) is 9.43. The maximum atomic E-state index is 4.14. The van der Waals surface area contributed by atoms with E-state index < -0.39 is 0 Å². The zero-order valence-electron chi connectivity index (χ0n) is 9.43. The Labute approximate surface area is 82.2 Å². The van der Waals surface area contributed by atoms with Gasteiger partial charge < -0.3 is 4.90 Å². The van der Waals surface area contributed by atoms with Crippen molar-refractivity contribution in [3.05, 3.63) is 12.2 Å². The molecule has 1 saturated heterocycles. The lowest BCUT2D eigenvalue weighted by Gasteiger charge is -2.49. The summed E-state index contributed by atoms with van der Waals surface area (Å²) in [5, 5.41) is 0. The van der Waals surface area contributed by atoms with Crippen molar-refractivity contribution < 1.29 is 0 Å². The van der Waals surface area contributed by atoms with Crippen LogP contribution >= 0.6 is 0 Å². The molecule has 0 amide bonds. The van der Waals surface area contributed by atoms with Gasteiger partial charge in [0.15, 0.2) is 0 Å². The molecule has 1 aliphatic heterocycles. The van der Waals surface area contributed by atoms with E-state index in [2.05, 4.69) is 44.3 Å². The lowest BCUT2D eigenvalue weighted by Crippen LogP contribution is -2.60. The van der Waals surface area contributed by atoms with E-state index >= 15 is 0 Å². The molecule has 2 heteroatoms. The van der Waals surface area contributed by atoms with Crippen LogP contribution in [0.4, 0.5) is 0 Å². The summed E-state index contributed by atoms with van der Waals surface area (Å²) >= 11 is 0. The number of rotatable bonds is 2. The van der Waals surface area contributed by atoms with Crippen molar-refractivity contribution >= 4 is 0 Å². The lowest BCUT2D eigenvalue weighted by atomic mass is 9.85. The number of nitrogens with zero attached hydrogens (tertiary/aromatic N) is 2. The monoisotopic (exact) mass is 182 g/mol. The smallest absolute Gasteiger partial charge is 0.0537 e. The standard InChI is InChI=1S/C11H22N2/c1-6-11(10(2)3)9-12(4)7-8-13(11)5/h2,6-9H2,1,3-5H3. The van der Waals surface area contributed by atoms with Gasteiger partial charge in [0.1, 0.15) is 0 Å². The highest BCUT2D eigenvalue weighted by Gasteiger charge is 2.37. The van der Waals surface area contributed by atoms with E-state index in [1.165, 1.54) is 12.1 Å². The number of piperazine rings is 1. The van der Waals surface area contributed by atoms with Gasteiger partial charge in [0.2, 0.25) is 0 Å². The molecule has 1 aliphatic rings. The summed E-state index contributed by atoms with van der Waals surface area (Å²) in [5.74, 6) is 0. The van der Waals surface area contributed by atoms with Crippen molar-refractivity contribution in [2.75, 3.05) is 33.7 Å². The van der Waals surface area contributed by atoms with Crippen molar-refractivity contribution in [3.63, 3.8) is 0 Å². The van der Waals surface area contributed by atoms with Gasteiger partial charge in [-0.15, -0.1) is 0 Å². The first-order chi connectivity index (χ1) is 6.03. The SMILES string of the molecule is C=C(C)C1(CC)CN(C)CCN1C. The van der Waals surface area contributed by atoms with Crippen molar-refractivity contribution in [1.82, 2.24) is 9.80 Å². The van der Waals surface area contributed by atoms with E-state index in [4.69, 9.17) is 0 Å². The van der Waals surface area contributed by atoms with E-state index in [0.29, 0.717) is 0 Å². The van der Waals surface area contributed by atoms with Crippen LogP contribution in [-0.2, 0) is 0 Å². The second kappa shape index (κ2) is 3.81. The Morgan fingerprint density at radius 3 is 2.38 bits per heavy atom. The molecule has 0 aromatic rings. The maximum absolute atomic E-state index is 4.14. The zero-order chi connectivity index (χ0) is 10.1. The molecule has 76 valence electrons. The van der Waals surface area contributed by atoms with Gasteiger partial charge in [-0.25, -0.2) is 0 Å². The molecule has 1 unspecified atom stereocenters. The minimum Gasteiger partial charge on any atom is -0.303 e. The molecule has 13 heavy (non-hydrogen) atoms. The third-order valence-corrected chi connectivity index (χ3v) is 3.46. The van der Waals surface area contributed by atoms with E-state index in [9.17, 15) is 0 Å². The summed E-state index contributed by atoms with van der Waals surface area (Å²) < 4.78 is 0. The Balaban J connectivity index is 2.86. The summed E-state index contributed by atoms with van der Waals surface area (Å²) in [6.45, 7) is 12.0. The summed E-state index contributed by atoms with van der Waals surface area (Å²) in [6.07, 6.45) is 1.16. The molecule has 1 atom stereocenters. The van der Waals surface area contributed by atoms with E-state index in [1.54, 1.807) is 0 Å². The van der Waals surface area contributed by atoms with Gasteiger partial charge in [-0.3, -0.25) is 4.90 Å². The topological polar surface area (TPSA) is 6.48 Å². The van der Waals surface area contributed by atoms with Crippen LogP contribution in [0.2, 0.25) is 0 Å². The fourth-order valence-electron chi connectivity index (χ4n) is 2.33. The van der Waals surface area contributed by atoms with Crippen molar-refractivity contribution in [1.29, 1.82) is 0 Å². The Morgan fingerprint density at radius 1 is 1.38 bits per heavy atom. The van der Waals surface area contributed by atoms with E-state index in [1.807, 2.05) is 0 Å². The summed E-state index contributed by atoms with van der Waals surface area (Å²) in [6, 6.07) is 0. The number of hydrogen-bond acceptors (Lipinski definition) is 2. The largest absolute Gasteiger partial charge is 0.303 e.